The van der Waals surface area contributed by atoms with E-state index in [1.807, 2.05) is 41.7 Å². The third kappa shape index (κ3) is 4.86. The van der Waals surface area contributed by atoms with Crippen LogP contribution in [0.15, 0.2) is 0 Å². The molecule has 0 saturated carbocycles. The Morgan fingerprint density at radius 1 is 0.906 bits per heavy atom. The van der Waals surface area contributed by atoms with Gasteiger partial charge in [0.1, 0.15) is 0 Å². The standard InChI is InChI=1S/C12H16ClN3O.C10H12ClN3O/c1-6(2)10-9-8(14-12(13)15-10)5-7(3)16(4)11(9)17;1-5(2)8-7-6(13-10(11)14-8)3-4-12-9(7)15/h6-7H,5H2,1-4H3;5H,3-4H2,1-2H3,(H,12,15). The lowest BCUT2D eigenvalue weighted by atomic mass is 9.94. The fourth-order valence-electron chi connectivity index (χ4n) is 3.81. The second kappa shape index (κ2) is 9.67. The Morgan fingerprint density at radius 3 is 2.00 bits per heavy atom. The number of fused-ring (bicyclic) bond motifs is 2. The molecule has 0 saturated heterocycles. The Bertz CT molecular complexity index is 1060. The predicted molar refractivity (Wildman–Crippen MR) is 124 cm³/mol. The molecule has 1 atom stereocenters. The van der Waals surface area contributed by atoms with Crippen LogP contribution < -0.4 is 5.32 Å². The van der Waals surface area contributed by atoms with Crippen LogP contribution in [0.1, 0.15) is 89.9 Å². The summed E-state index contributed by atoms with van der Waals surface area (Å²) in [5.74, 6) is 0.244. The van der Waals surface area contributed by atoms with Crippen LogP contribution in [0, 0.1) is 0 Å². The van der Waals surface area contributed by atoms with E-state index < -0.39 is 0 Å². The molecule has 2 aliphatic heterocycles. The number of amides is 2. The van der Waals surface area contributed by atoms with Gasteiger partial charge in [-0.05, 0) is 42.0 Å². The monoisotopic (exact) mass is 478 g/mol. The number of hydrogen-bond donors (Lipinski definition) is 1. The van der Waals surface area contributed by atoms with Gasteiger partial charge in [0.2, 0.25) is 10.6 Å². The summed E-state index contributed by atoms with van der Waals surface area (Å²) in [5, 5.41) is 3.25. The fraction of sp³-hybridized carbons (Fsp3) is 0.545. The lowest BCUT2D eigenvalue weighted by Crippen LogP contribution is -2.42. The first kappa shape index (κ1) is 24.3. The largest absolute Gasteiger partial charge is 0.352 e. The predicted octanol–water partition coefficient (Wildman–Crippen LogP) is 3.81. The van der Waals surface area contributed by atoms with Gasteiger partial charge >= 0.3 is 0 Å². The minimum atomic E-state index is -0.0865. The summed E-state index contributed by atoms with van der Waals surface area (Å²) in [7, 11) is 1.81. The van der Waals surface area contributed by atoms with Gasteiger partial charge in [-0.25, -0.2) is 19.9 Å². The molecule has 0 bridgehead atoms. The van der Waals surface area contributed by atoms with Gasteiger partial charge in [-0.3, -0.25) is 9.59 Å². The molecule has 2 aromatic heterocycles. The van der Waals surface area contributed by atoms with Crippen LogP contribution in [-0.2, 0) is 12.8 Å². The van der Waals surface area contributed by atoms with Gasteiger partial charge in [0.15, 0.2) is 0 Å². The van der Waals surface area contributed by atoms with Crippen molar-refractivity contribution in [3.63, 3.8) is 0 Å². The number of likely N-dealkylation sites (N-methyl/N-ethyl adjacent to an activating group) is 1. The Kier molecular flexibility index (Phi) is 7.35. The maximum absolute atomic E-state index is 12.3. The molecule has 2 amide bonds. The van der Waals surface area contributed by atoms with Crippen molar-refractivity contribution in [2.24, 2.45) is 0 Å². The minimum Gasteiger partial charge on any atom is -0.352 e. The summed E-state index contributed by atoms with van der Waals surface area (Å²) in [6.45, 7) is 10.6. The van der Waals surface area contributed by atoms with Crippen LogP contribution in [-0.4, -0.2) is 56.3 Å². The van der Waals surface area contributed by atoms with E-state index in [1.165, 1.54) is 0 Å². The van der Waals surface area contributed by atoms with Gasteiger partial charge in [0.25, 0.3) is 11.8 Å². The molecule has 0 spiro atoms. The molecule has 1 unspecified atom stereocenters. The Hall–Kier alpha value is -2.32. The van der Waals surface area contributed by atoms with Crippen molar-refractivity contribution in [3.8, 4) is 0 Å². The van der Waals surface area contributed by atoms with Gasteiger partial charge in [-0.1, -0.05) is 27.7 Å². The van der Waals surface area contributed by atoms with E-state index in [0.29, 0.717) is 17.7 Å². The maximum atomic E-state index is 12.3. The molecule has 4 rings (SSSR count). The Morgan fingerprint density at radius 2 is 1.44 bits per heavy atom. The van der Waals surface area contributed by atoms with Gasteiger partial charge < -0.3 is 10.2 Å². The first-order chi connectivity index (χ1) is 15.0. The molecule has 4 heterocycles. The molecule has 1 N–H and O–H groups in total. The van der Waals surface area contributed by atoms with Crippen molar-refractivity contribution in [2.75, 3.05) is 13.6 Å². The number of carbonyl (C=O) groups is 2. The minimum absolute atomic E-state index is 0.000818. The van der Waals surface area contributed by atoms with Crippen molar-refractivity contribution >= 4 is 35.0 Å². The number of carbonyl (C=O) groups excluding carboxylic acids is 2. The SMILES string of the molecule is CC(C)c1nc(Cl)nc2c1C(=O)N(C)C(C)C2.CC(C)c1nc(Cl)nc2c1C(=O)NCC2. The summed E-state index contributed by atoms with van der Waals surface area (Å²) in [5.41, 5.74) is 4.29. The van der Waals surface area contributed by atoms with Gasteiger partial charge in [-0.2, -0.15) is 0 Å². The summed E-state index contributed by atoms with van der Waals surface area (Å²) >= 11 is 11.7. The first-order valence-electron chi connectivity index (χ1n) is 10.7. The van der Waals surface area contributed by atoms with Gasteiger partial charge in [0.05, 0.1) is 33.9 Å². The number of nitrogens with zero attached hydrogens (tertiary/aromatic N) is 5. The number of nitrogens with one attached hydrogen (secondary N) is 1. The van der Waals surface area contributed by atoms with E-state index in [2.05, 4.69) is 25.3 Å². The Labute approximate surface area is 198 Å². The van der Waals surface area contributed by atoms with Crippen LogP contribution in [0.3, 0.4) is 0 Å². The maximum Gasteiger partial charge on any atom is 0.257 e. The Balaban J connectivity index is 0.000000182. The summed E-state index contributed by atoms with van der Waals surface area (Å²) < 4.78 is 0. The van der Waals surface area contributed by atoms with E-state index in [0.717, 1.165) is 35.6 Å². The van der Waals surface area contributed by atoms with Crippen LogP contribution in [0.25, 0.3) is 0 Å². The van der Waals surface area contributed by atoms with Crippen LogP contribution in [0.5, 0.6) is 0 Å². The molecule has 0 aliphatic carbocycles. The first-order valence-corrected chi connectivity index (χ1v) is 11.4. The molecule has 0 fully saturated rings. The molecule has 0 radical (unpaired) electrons. The van der Waals surface area contributed by atoms with Crippen LogP contribution >= 0.6 is 23.2 Å². The van der Waals surface area contributed by atoms with E-state index in [4.69, 9.17) is 23.2 Å². The second-order valence-corrected chi connectivity index (χ2v) is 9.36. The summed E-state index contributed by atoms with van der Waals surface area (Å²) in [6.07, 6.45) is 1.46. The molecule has 172 valence electrons. The van der Waals surface area contributed by atoms with Crippen molar-refractivity contribution in [2.45, 2.75) is 65.3 Å². The molecule has 2 aliphatic rings. The molecule has 32 heavy (non-hydrogen) atoms. The smallest absolute Gasteiger partial charge is 0.257 e. The van der Waals surface area contributed by atoms with Gasteiger partial charge in [0, 0.05) is 32.5 Å². The van der Waals surface area contributed by atoms with Gasteiger partial charge in [-0.15, -0.1) is 0 Å². The third-order valence-corrected chi connectivity index (χ3v) is 5.96. The van der Waals surface area contributed by atoms with Crippen molar-refractivity contribution in [1.29, 1.82) is 0 Å². The average Bonchev–Trinajstić information content (AvgIpc) is 2.71. The molecular weight excluding hydrogens is 451 g/mol. The number of aromatic nitrogens is 4. The molecule has 2 aromatic rings. The zero-order chi connectivity index (χ0) is 23.7. The van der Waals surface area contributed by atoms with Crippen LogP contribution in [0.4, 0.5) is 0 Å². The average molecular weight is 479 g/mol. The van der Waals surface area contributed by atoms with E-state index in [1.54, 1.807) is 4.90 Å². The zero-order valence-corrected chi connectivity index (χ0v) is 20.7. The van der Waals surface area contributed by atoms with E-state index >= 15 is 0 Å². The normalized spacial score (nSPS) is 17.6. The molecule has 8 nitrogen and oxygen atoms in total. The second-order valence-electron chi connectivity index (χ2n) is 8.68. The topological polar surface area (TPSA) is 101 Å². The lowest BCUT2D eigenvalue weighted by molar-refractivity contribution is 0.0715. The fourth-order valence-corrected chi connectivity index (χ4v) is 4.20. The van der Waals surface area contributed by atoms with Crippen LogP contribution in [0.2, 0.25) is 10.6 Å². The molecular formula is C22H28Cl2N6O2. The molecule has 10 heteroatoms. The number of hydrogen-bond acceptors (Lipinski definition) is 6. The molecule has 0 aromatic carbocycles. The highest BCUT2D eigenvalue weighted by Gasteiger charge is 2.32. The van der Waals surface area contributed by atoms with Crippen molar-refractivity contribution in [3.05, 3.63) is 44.5 Å². The van der Waals surface area contributed by atoms with Crippen molar-refractivity contribution in [1.82, 2.24) is 30.2 Å². The van der Waals surface area contributed by atoms with E-state index in [9.17, 15) is 9.59 Å². The lowest BCUT2D eigenvalue weighted by Gasteiger charge is -2.32. The zero-order valence-electron chi connectivity index (χ0n) is 19.2. The highest BCUT2D eigenvalue weighted by atomic mass is 35.5. The highest BCUT2D eigenvalue weighted by Crippen LogP contribution is 2.28. The number of halogens is 2. The highest BCUT2D eigenvalue weighted by molar-refractivity contribution is 6.28. The summed E-state index contributed by atoms with van der Waals surface area (Å²) in [4.78, 5) is 42.3. The summed E-state index contributed by atoms with van der Waals surface area (Å²) in [6, 6.07) is 0.154. The third-order valence-electron chi connectivity index (χ3n) is 5.62. The quantitative estimate of drug-likeness (QED) is 0.658. The van der Waals surface area contributed by atoms with E-state index in [-0.39, 0.29) is 40.3 Å². The number of rotatable bonds is 2. The van der Waals surface area contributed by atoms with Crippen molar-refractivity contribution < 1.29 is 9.59 Å².